The average molecular weight is 248 g/mol. The van der Waals surface area contributed by atoms with Gasteiger partial charge in [0.15, 0.2) is 5.13 Å². The van der Waals surface area contributed by atoms with Gasteiger partial charge >= 0.3 is 0 Å². The molecule has 0 radical (unpaired) electrons. The molecule has 2 aromatic heterocycles. The van der Waals surface area contributed by atoms with Crippen molar-refractivity contribution in [2.75, 3.05) is 11.1 Å². The molecule has 0 aromatic carbocycles. The van der Waals surface area contributed by atoms with Crippen molar-refractivity contribution < 1.29 is 4.79 Å². The highest BCUT2D eigenvalue weighted by Crippen LogP contribution is 2.12. The molecule has 5 nitrogen and oxygen atoms in total. The van der Waals surface area contributed by atoms with E-state index in [1.807, 2.05) is 13.0 Å². The summed E-state index contributed by atoms with van der Waals surface area (Å²) < 4.78 is 0. The first-order valence-electron chi connectivity index (χ1n) is 5.05. The maximum atomic E-state index is 11.7. The van der Waals surface area contributed by atoms with Crippen LogP contribution in [0.2, 0.25) is 0 Å². The predicted octanol–water partition coefficient (Wildman–Crippen LogP) is 1.61. The van der Waals surface area contributed by atoms with Gasteiger partial charge < -0.3 is 11.1 Å². The highest BCUT2D eigenvalue weighted by Gasteiger charge is 2.07. The van der Waals surface area contributed by atoms with E-state index in [1.165, 1.54) is 11.3 Å². The van der Waals surface area contributed by atoms with Crippen molar-refractivity contribution in [3.8, 4) is 0 Å². The molecule has 0 saturated heterocycles. The lowest BCUT2D eigenvalue weighted by molar-refractivity contribution is -0.115. The molecule has 0 spiro atoms. The monoisotopic (exact) mass is 248 g/mol. The molecule has 1 amide bonds. The van der Waals surface area contributed by atoms with Gasteiger partial charge in [-0.05, 0) is 18.6 Å². The van der Waals surface area contributed by atoms with Crippen LogP contribution in [0.3, 0.4) is 0 Å². The maximum Gasteiger partial charge on any atom is 0.230 e. The second-order valence-corrected chi connectivity index (χ2v) is 4.54. The smallest absolute Gasteiger partial charge is 0.230 e. The first kappa shape index (κ1) is 11.5. The van der Waals surface area contributed by atoms with E-state index < -0.39 is 0 Å². The van der Waals surface area contributed by atoms with Gasteiger partial charge in [0.2, 0.25) is 5.91 Å². The van der Waals surface area contributed by atoms with Crippen LogP contribution in [0.15, 0.2) is 23.8 Å². The summed E-state index contributed by atoms with van der Waals surface area (Å²) in [7, 11) is 0. The van der Waals surface area contributed by atoms with Crippen LogP contribution >= 0.6 is 11.3 Å². The van der Waals surface area contributed by atoms with Gasteiger partial charge in [0.05, 0.1) is 24.0 Å². The number of rotatable bonds is 3. The maximum absolute atomic E-state index is 11.7. The number of aryl methyl sites for hydroxylation is 1. The molecule has 0 aliphatic rings. The molecule has 2 heterocycles. The molecule has 0 saturated carbocycles. The molecule has 17 heavy (non-hydrogen) atoms. The van der Waals surface area contributed by atoms with Gasteiger partial charge in [-0.25, -0.2) is 4.98 Å². The fourth-order valence-electron chi connectivity index (χ4n) is 1.40. The summed E-state index contributed by atoms with van der Waals surface area (Å²) in [5.41, 5.74) is 7.87. The number of carbonyl (C=O) groups excluding carboxylic acids is 1. The first-order chi connectivity index (χ1) is 8.13. The zero-order chi connectivity index (χ0) is 12.3. The molecule has 88 valence electrons. The van der Waals surface area contributed by atoms with Crippen LogP contribution in [0, 0.1) is 6.92 Å². The Morgan fingerprint density at radius 3 is 3.00 bits per heavy atom. The zero-order valence-electron chi connectivity index (χ0n) is 9.30. The third kappa shape index (κ3) is 3.25. The number of nitrogens with two attached hydrogens (primary N) is 1. The van der Waals surface area contributed by atoms with Crippen LogP contribution in [0.4, 0.5) is 10.8 Å². The third-order valence-corrected chi connectivity index (χ3v) is 2.79. The molecular formula is C11H12N4OS. The molecule has 0 aliphatic carbocycles. The highest BCUT2D eigenvalue weighted by molar-refractivity contribution is 7.13. The number of amides is 1. The molecule has 0 fully saturated rings. The Morgan fingerprint density at radius 2 is 2.35 bits per heavy atom. The largest absolute Gasteiger partial charge is 0.375 e. The summed E-state index contributed by atoms with van der Waals surface area (Å²) in [6.07, 6.45) is 3.57. The van der Waals surface area contributed by atoms with Crippen molar-refractivity contribution >= 4 is 28.1 Å². The number of hydrogen-bond acceptors (Lipinski definition) is 5. The second-order valence-electron chi connectivity index (χ2n) is 3.65. The van der Waals surface area contributed by atoms with Gasteiger partial charge in [-0.15, -0.1) is 11.3 Å². The van der Waals surface area contributed by atoms with Crippen LogP contribution in [0.5, 0.6) is 0 Å². The number of carbonyl (C=O) groups is 1. The summed E-state index contributed by atoms with van der Waals surface area (Å²) in [5, 5.41) is 5.02. The first-order valence-corrected chi connectivity index (χ1v) is 5.93. The summed E-state index contributed by atoms with van der Waals surface area (Å²) in [5.74, 6) is -0.122. The molecule has 0 unspecified atom stereocenters. The van der Waals surface area contributed by atoms with E-state index in [-0.39, 0.29) is 12.3 Å². The van der Waals surface area contributed by atoms with Crippen LogP contribution in [0.1, 0.15) is 11.3 Å². The number of pyridine rings is 1. The second kappa shape index (κ2) is 4.92. The molecular weight excluding hydrogens is 236 g/mol. The number of nitrogens with zero attached hydrogens (tertiary/aromatic N) is 2. The highest BCUT2D eigenvalue weighted by atomic mass is 32.1. The minimum atomic E-state index is -0.122. The lowest BCUT2D eigenvalue weighted by Gasteiger charge is -2.03. The van der Waals surface area contributed by atoms with E-state index in [2.05, 4.69) is 15.3 Å². The fourth-order valence-corrected chi connectivity index (χ4v) is 1.96. The average Bonchev–Trinajstić information content (AvgIpc) is 2.63. The number of thiazole rings is 1. The Bertz CT molecular complexity index is 538. The SMILES string of the molecule is Cc1cncc(NC(=O)Cc2csc(N)n2)c1. The van der Waals surface area contributed by atoms with Crippen molar-refractivity contribution in [1.29, 1.82) is 0 Å². The molecule has 0 aliphatic heterocycles. The van der Waals surface area contributed by atoms with Gasteiger partial charge in [-0.3, -0.25) is 9.78 Å². The van der Waals surface area contributed by atoms with Crippen LogP contribution in [-0.2, 0) is 11.2 Å². The van der Waals surface area contributed by atoms with Crippen molar-refractivity contribution in [1.82, 2.24) is 9.97 Å². The van der Waals surface area contributed by atoms with Crippen molar-refractivity contribution in [2.45, 2.75) is 13.3 Å². The van der Waals surface area contributed by atoms with Gasteiger partial charge in [-0.1, -0.05) is 0 Å². The van der Waals surface area contributed by atoms with Crippen molar-refractivity contribution in [2.24, 2.45) is 0 Å². The van der Waals surface area contributed by atoms with Crippen LogP contribution in [-0.4, -0.2) is 15.9 Å². The Kier molecular flexibility index (Phi) is 3.34. The van der Waals surface area contributed by atoms with E-state index in [0.717, 1.165) is 5.56 Å². The number of hydrogen-bond donors (Lipinski definition) is 2. The summed E-state index contributed by atoms with van der Waals surface area (Å²) in [6, 6.07) is 1.86. The number of aromatic nitrogens is 2. The van der Waals surface area contributed by atoms with E-state index in [0.29, 0.717) is 16.5 Å². The summed E-state index contributed by atoms with van der Waals surface area (Å²) >= 11 is 1.33. The summed E-state index contributed by atoms with van der Waals surface area (Å²) in [6.45, 7) is 1.92. The minimum Gasteiger partial charge on any atom is -0.375 e. The molecule has 0 bridgehead atoms. The van der Waals surface area contributed by atoms with E-state index >= 15 is 0 Å². The Morgan fingerprint density at radius 1 is 1.53 bits per heavy atom. The van der Waals surface area contributed by atoms with Crippen molar-refractivity contribution in [3.05, 3.63) is 35.1 Å². The Balaban J connectivity index is 1.98. The lowest BCUT2D eigenvalue weighted by Crippen LogP contribution is -2.14. The Hall–Kier alpha value is -1.95. The van der Waals surface area contributed by atoms with Crippen LogP contribution < -0.4 is 11.1 Å². The van der Waals surface area contributed by atoms with Gasteiger partial charge in [-0.2, -0.15) is 0 Å². The number of nitrogen functional groups attached to an aromatic ring is 1. The normalized spacial score (nSPS) is 10.2. The zero-order valence-corrected chi connectivity index (χ0v) is 10.1. The topological polar surface area (TPSA) is 80.9 Å². The number of anilines is 2. The van der Waals surface area contributed by atoms with Gasteiger partial charge in [0.25, 0.3) is 0 Å². The van der Waals surface area contributed by atoms with E-state index in [4.69, 9.17) is 5.73 Å². The quantitative estimate of drug-likeness (QED) is 0.864. The summed E-state index contributed by atoms with van der Waals surface area (Å²) in [4.78, 5) is 19.7. The van der Waals surface area contributed by atoms with E-state index in [1.54, 1.807) is 17.8 Å². The molecule has 6 heteroatoms. The predicted molar refractivity (Wildman–Crippen MR) is 67.8 cm³/mol. The standard InChI is InChI=1S/C11H12N4OS/c1-7-2-8(5-13-4-7)14-10(16)3-9-6-17-11(12)15-9/h2,4-6H,3H2,1H3,(H2,12,15)(H,14,16). The fraction of sp³-hybridized carbons (Fsp3) is 0.182. The molecule has 2 aromatic rings. The van der Waals surface area contributed by atoms with Crippen LogP contribution in [0.25, 0.3) is 0 Å². The van der Waals surface area contributed by atoms with Gasteiger partial charge in [0, 0.05) is 11.6 Å². The number of nitrogens with one attached hydrogen (secondary N) is 1. The molecule has 2 rings (SSSR count). The van der Waals surface area contributed by atoms with E-state index in [9.17, 15) is 4.79 Å². The van der Waals surface area contributed by atoms with Gasteiger partial charge in [0.1, 0.15) is 0 Å². The Labute approximate surface area is 103 Å². The minimum absolute atomic E-state index is 0.122. The molecule has 3 N–H and O–H groups in total. The lowest BCUT2D eigenvalue weighted by atomic mass is 10.3. The molecule has 0 atom stereocenters. The van der Waals surface area contributed by atoms with Crippen molar-refractivity contribution in [3.63, 3.8) is 0 Å². The third-order valence-electron chi connectivity index (χ3n) is 2.07.